The van der Waals surface area contributed by atoms with Crippen LogP contribution in [0.25, 0.3) is 0 Å². The summed E-state index contributed by atoms with van der Waals surface area (Å²) in [7, 11) is 0. The van der Waals surface area contributed by atoms with Crippen LogP contribution in [0.2, 0.25) is 0 Å². The van der Waals surface area contributed by atoms with Crippen molar-refractivity contribution >= 4 is 17.6 Å². The van der Waals surface area contributed by atoms with E-state index in [0.717, 1.165) is 31.1 Å². The van der Waals surface area contributed by atoms with E-state index in [-0.39, 0.29) is 0 Å². The Hall–Kier alpha value is -0.850. The third-order valence-corrected chi connectivity index (χ3v) is 6.25. The Morgan fingerprint density at radius 1 is 1.18 bits per heavy atom. The van der Waals surface area contributed by atoms with Gasteiger partial charge in [0.05, 0.1) is 5.69 Å². The summed E-state index contributed by atoms with van der Waals surface area (Å²) >= 11 is 2.01. The van der Waals surface area contributed by atoms with Crippen LogP contribution in [0.15, 0.2) is 6.07 Å². The van der Waals surface area contributed by atoms with Crippen LogP contribution < -0.4 is 4.90 Å². The molecule has 120 valence electrons. The van der Waals surface area contributed by atoms with Gasteiger partial charge in [-0.05, 0) is 23.9 Å². The van der Waals surface area contributed by atoms with Gasteiger partial charge in [-0.3, -0.25) is 4.90 Å². The molecule has 3 aliphatic rings. The second-order valence-corrected chi connectivity index (χ2v) is 7.61. The van der Waals surface area contributed by atoms with Crippen molar-refractivity contribution in [2.75, 3.05) is 56.5 Å². The molecule has 0 unspecified atom stereocenters. The lowest BCUT2D eigenvalue weighted by molar-refractivity contribution is 0.0858. The van der Waals surface area contributed by atoms with Gasteiger partial charge in [-0.2, -0.15) is 16.9 Å². The summed E-state index contributed by atoms with van der Waals surface area (Å²) in [6, 6.07) is 2.99. The molecule has 0 aromatic carbocycles. The van der Waals surface area contributed by atoms with E-state index in [0.29, 0.717) is 6.04 Å². The molecule has 1 aromatic rings. The maximum Gasteiger partial charge on any atom is 0.151 e. The van der Waals surface area contributed by atoms with Crippen LogP contribution in [0, 0.1) is 0 Å². The Morgan fingerprint density at radius 2 is 2.00 bits per heavy atom. The predicted molar refractivity (Wildman–Crippen MR) is 91.6 cm³/mol. The number of rotatable bonds is 3. The minimum absolute atomic E-state index is 0.714. The molecule has 22 heavy (non-hydrogen) atoms. The fourth-order valence-corrected chi connectivity index (χ4v) is 4.55. The molecule has 0 aliphatic carbocycles. The molecule has 2 saturated heterocycles. The summed E-state index contributed by atoms with van der Waals surface area (Å²) in [6.45, 7) is 10.6. The van der Waals surface area contributed by atoms with Crippen molar-refractivity contribution in [1.82, 2.24) is 20.0 Å². The summed E-state index contributed by atoms with van der Waals surface area (Å²) in [4.78, 5) is 7.59. The zero-order valence-corrected chi connectivity index (χ0v) is 14.2. The van der Waals surface area contributed by atoms with Gasteiger partial charge in [-0.1, -0.05) is 6.92 Å². The highest BCUT2D eigenvalue weighted by atomic mass is 32.2. The topological polar surface area (TPSA) is 35.5 Å². The molecule has 3 aliphatic heterocycles. The average molecular weight is 319 g/mol. The fraction of sp³-hybridized carbons (Fsp3) is 0.750. The number of thioether (sulfide) groups is 1. The maximum atomic E-state index is 4.46. The molecule has 0 N–H and O–H groups in total. The van der Waals surface area contributed by atoms with Gasteiger partial charge in [0.1, 0.15) is 0 Å². The molecule has 2 fully saturated rings. The fourth-order valence-electron chi connectivity index (χ4n) is 3.60. The van der Waals surface area contributed by atoms with Gasteiger partial charge in [-0.15, -0.1) is 5.10 Å². The van der Waals surface area contributed by atoms with E-state index in [4.69, 9.17) is 0 Å². The molecule has 5 nitrogen and oxygen atoms in total. The van der Waals surface area contributed by atoms with Crippen LogP contribution in [0.3, 0.4) is 0 Å². The number of piperazine rings is 1. The van der Waals surface area contributed by atoms with Crippen molar-refractivity contribution in [1.29, 1.82) is 0 Å². The van der Waals surface area contributed by atoms with Crippen LogP contribution >= 0.6 is 11.8 Å². The Labute approximate surface area is 137 Å². The second kappa shape index (κ2) is 6.34. The standard InChI is InChI=1S/C16H25N5S/c1-2-19-4-6-20(7-5-19)14-10-21(11-14)16-9-13-12-22-8-3-15(13)17-18-16/h9,14H,2-8,10-12H2,1H3. The first-order chi connectivity index (χ1) is 10.8. The van der Waals surface area contributed by atoms with E-state index in [2.05, 4.69) is 37.9 Å². The highest BCUT2D eigenvalue weighted by Gasteiger charge is 2.34. The third-order valence-electron chi connectivity index (χ3n) is 5.24. The Kier molecular flexibility index (Phi) is 4.24. The Balaban J connectivity index is 1.33. The monoisotopic (exact) mass is 319 g/mol. The molecule has 0 saturated carbocycles. The van der Waals surface area contributed by atoms with Crippen molar-refractivity contribution in [3.05, 3.63) is 17.3 Å². The van der Waals surface area contributed by atoms with Crippen molar-refractivity contribution < 1.29 is 0 Å². The first-order valence-electron chi connectivity index (χ1n) is 8.48. The van der Waals surface area contributed by atoms with Gasteiger partial charge in [-0.25, -0.2) is 0 Å². The van der Waals surface area contributed by atoms with Gasteiger partial charge < -0.3 is 9.80 Å². The molecule has 0 bridgehead atoms. The molecule has 0 radical (unpaired) electrons. The zero-order chi connectivity index (χ0) is 14.9. The number of aromatic nitrogens is 2. The third kappa shape index (κ3) is 2.84. The number of hydrogen-bond donors (Lipinski definition) is 0. The van der Waals surface area contributed by atoms with Crippen LogP contribution in [-0.2, 0) is 12.2 Å². The largest absolute Gasteiger partial charge is 0.352 e. The first kappa shape index (κ1) is 14.7. The molecule has 4 heterocycles. The first-order valence-corrected chi connectivity index (χ1v) is 9.63. The molecular formula is C16H25N5S. The van der Waals surface area contributed by atoms with E-state index < -0.39 is 0 Å². The normalized spacial score (nSPS) is 24.1. The molecule has 0 spiro atoms. The Morgan fingerprint density at radius 3 is 2.77 bits per heavy atom. The van der Waals surface area contributed by atoms with Crippen LogP contribution in [0.5, 0.6) is 0 Å². The smallest absolute Gasteiger partial charge is 0.151 e. The van der Waals surface area contributed by atoms with Crippen molar-refractivity contribution in [2.45, 2.75) is 25.1 Å². The minimum Gasteiger partial charge on any atom is -0.352 e. The lowest BCUT2D eigenvalue weighted by Crippen LogP contribution is -2.63. The predicted octanol–water partition coefficient (Wildman–Crippen LogP) is 1.09. The Bertz CT molecular complexity index is 523. The molecule has 0 atom stereocenters. The van der Waals surface area contributed by atoms with Gasteiger partial charge in [0.25, 0.3) is 0 Å². The highest BCUT2D eigenvalue weighted by Crippen LogP contribution is 2.28. The summed E-state index contributed by atoms with van der Waals surface area (Å²) in [5.74, 6) is 3.38. The summed E-state index contributed by atoms with van der Waals surface area (Å²) in [6.07, 6.45) is 1.08. The van der Waals surface area contributed by atoms with E-state index in [1.807, 2.05) is 11.8 Å². The number of nitrogens with zero attached hydrogens (tertiary/aromatic N) is 5. The molecule has 0 amide bonds. The van der Waals surface area contributed by atoms with Crippen molar-refractivity contribution in [3.8, 4) is 0 Å². The molecule has 1 aromatic heterocycles. The zero-order valence-electron chi connectivity index (χ0n) is 13.4. The quantitative estimate of drug-likeness (QED) is 0.830. The van der Waals surface area contributed by atoms with E-state index in [1.165, 1.54) is 49.7 Å². The number of hydrogen-bond acceptors (Lipinski definition) is 6. The van der Waals surface area contributed by atoms with Gasteiger partial charge in [0.15, 0.2) is 5.82 Å². The lowest BCUT2D eigenvalue weighted by Gasteiger charge is -2.48. The van der Waals surface area contributed by atoms with Crippen molar-refractivity contribution in [2.24, 2.45) is 0 Å². The van der Waals surface area contributed by atoms with Crippen LogP contribution in [0.4, 0.5) is 5.82 Å². The number of aryl methyl sites for hydroxylation is 1. The van der Waals surface area contributed by atoms with Gasteiger partial charge in [0, 0.05) is 57.5 Å². The van der Waals surface area contributed by atoms with Gasteiger partial charge >= 0.3 is 0 Å². The molecular weight excluding hydrogens is 294 g/mol. The van der Waals surface area contributed by atoms with E-state index in [1.54, 1.807) is 0 Å². The van der Waals surface area contributed by atoms with E-state index >= 15 is 0 Å². The second-order valence-electron chi connectivity index (χ2n) is 6.51. The van der Waals surface area contributed by atoms with Crippen LogP contribution in [-0.4, -0.2) is 77.6 Å². The summed E-state index contributed by atoms with van der Waals surface area (Å²) in [5.41, 5.74) is 2.62. The van der Waals surface area contributed by atoms with Crippen LogP contribution in [0.1, 0.15) is 18.2 Å². The highest BCUT2D eigenvalue weighted by molar-refractivity contribution is 7.98. The summed E-state index contributed by atoms with van der Waals surface area (Å²) in [5, 5.41) is 8.91. The number of fused-ring (bicyclic) bond motifs is 1. The molecule has 4 rings (SSSR count). The SMILES string of the molecule is CCN1CCN(C2CN(c3cc4c(nn3)CCSC4)C2)CC1. The minimum atomic E-state index is 0.714. The van der Waals surface area contributed by atoms with Crippen molar-refractivity contribution in [3.63, 3.8) is 0 Å². The number of anilines is 1. The van der Waals surface area contributed by atoms with E-state index in [9.17, 15) is 0 Å². The van der Waals surface area contributed by atoms with Gasteiger partial charge in [0.2, 0.25) is 0 Å². The molecule has 6 heteroatoms. The number of likely N-dealkylation sites (N-methyl/N-ethyl adjacent to an activating group) is 1. The lowest BCUT2D eigenvalue weighted by atomic mass is 10.1. The average Bonchev–Trinajstić information content (AvgIpc) is 2.54. The maximum absolute atomic E-state index is 4.46. The summed E-state index contributed by atoms with van der Waals surface area (Å²) < 4.78 is 0.